The maximum absolute atomic E-state index is 13.5. The zero-order valence-electron chi connectivity index (χ0n) is 9.43. The summed E-state index contributed by atoms with van der Waals surface area (Å²) < 4.78 is 13.5. The summed E-state index contributed by atoms with van der Waals surface area (Å²) in [5.74, 6) is -0.660. The van der Waals surface area contributed by atoms with Crippen molar-refractivity contribution >= 4 is 29.1 Å². The molecule has 0 aliphatic carbocycles. The number of aromatic carboxylic acids is 1. The molecular weight excluding hydrogens is 271 g/mol. The number of hydrogen-bond acceptors (Lipinski definition) is 3. The van der Waals surface area contributed by atoms with Gasteiger partial charge in [0.2, 0.25) is 0 Å². The molecule has 0 amide bonds. The molecule has 94 valence electrons. The van der Waals surface area contributed by atoms with Crippen LogP contribution in [0.4, 0.5) is 4.39 Å². The van der Waals surface area contributed by atoms with Gasteiger partial charge in [0.25, 0.3) is 0 Å². The number of carboxylic acid groups (broad SMARTS) is 1. The van der Waals surface area contributed by atoms with Crippen molar-refractivity contribution in [1.82, 2.24) is 0 Å². The molecule has 1 heterocycles. The summed E-state index contributed by atoms with van der Waals surface area (Å²) in [5, 5.41) is 10.9. The van der Waals surface area contributed by atoms with Crippen LogP contribution < -0.4 is 0 Å². The van der Waals surface area contributed by atoms with Crippen LogP contribution in [0, 0.1) is 5.82 Å². The van der Waals surface area contributed by atoms with Crippen LogP contribution in [0.3, 0.4) is 0 Å². The van der Waals surface area contributed by atoms with Gasteiger partial charge in [0.1, 0.15) is 5.82 Å². The monoisotopic (exact) mass is 282 g/mol. The second kappa shape index (κ2) is 6.02. The number of carboxylic acids is 1. The zero-order valence-corrected chi connectivity index (χ0v) is 11.1. The maximum Gasteiger partial charge on any atom is 0.335 e. The van der Waals surface area contributed by atoms with Crippen molar-refractivity contribution in [3.63, 3.8) is 0 Å². The van der Waals surface area contributed by atoms with E-state index in [4.69, 9.17) is 5.11 Å². The van der Waals surface area contributed by atoms with E-state index in [-0.39, 0.29) is 11.4 Å². The highest BCUT2D eigenvalue weighted by Gasteiger charge is 2.08. The molecule has 2 aromatic rings. The first kappa shape index (κ1) is 13.1. The van der Waals surface area contributed by atoms with Crippen LogP contribution >= 0.6 is 23.1 Å². The molecule has 1 N–H and O–H groups in total. The van der Waals surface area contributed by atoms with Crippen molar-refractivity contribution in [2.45, 2.75) is 11.3 Å². The van der Waals surface area contributed by atoms with E-state index >= 15 is 0 Å². The summed E-state index contributed by atoms with van der Waals surface area (Å²) in [6.07, 6.45) is 0.860. The van der Waals surface area contributed by atoms with Crippen LogP contribution in [0.25, 0.3) is 0 Å². The molecule has 0 bridgehead atoms. The molecule has 1 aromatic carbocycles. The van der Waals surface area contributed by atoms with Gasteiger partial charge in [0.15, 0.2) is 0 Å². The Balaban J connectivity index is 2.00. The number of benzene rings is 1. The Morgan fingerprint density at radius 1 is 1.39 bits per heavy atom. The average molecular weight is 282 g/mol. The van der Waals surface area contributed by atoms with Crippen LogP contribution in [-0.2, 0) is 6.42 Å². The quantitative estimate of drug-likeness (QED) is 0.845. The first-order valence-electron chi connectivity index (χ1n) is 5.35. The van der Waals surface area contributed by atoms with Crippen molar-refractivity contribution in [2.75, 3.05) is 5.75 Å². The lowest BCUT2D eigenvalue weighted by atomic mass is 10.2. The van der Waals surface area contributed by atoms with Crippen LogP contribution in [0.1, 0.15) is 15.2 Å². The lowest BCUT2D eigenvalue weighted by Gasteiger charge is -2.04. The van der Waals surface area contributed by atoms with Crippen LogP contribution in [0.2, 0.25) is 0 Å². The Hall–Kier alpha value is -1.33. The first-order chi connectivity index (χ1) is 8.66. The maximum atomic E-state index is 13.5. The van der Waals surface area contributed by atoms with Gasteiger partial charge in [-0.1, -0.05) is 6.07 Å². The largest absolute Gasteiger partial charge is 0.478 e. The molecule has 5 heteroatoms. The summed E-state index contributed by atoms with van der Waals surface area (Å²) in [6.45, 7) is 0. The van der Waals surface area contributed by atoms with E-state index in [1.165, 1.54) is 34.8 Å². The number of hydrogen-bond donors (Lipinski definition) is 1. The van der Waals surface area contributed by atoms with E-state index in [1.54, 1.807) is 11.3 Å². The third-order valence-electron chi connectivity index (χ3n) is 2.36. The Morgan fingerprint density at radius 2 is 2.22 bits per heavy atom. The number of halogens is 1. The third-order valence-corrected chi connectivity index (χ3v) is 4.33. The average Bonchev–Trinajstić information content (AvgIpc) is 2.84. The van der Waals surface area contributed by atoms with Gasteiger partial charge in [-0.2, -0.15) is 0 Å². The fourth-order valence-corrected chi connectivity index (χ4v) is 3.26. The standard InChI is InChI=1S/C13H11FO2S2/c14-11-4-3-9(13(15)16)8-12(11)18-7-5-10-2-1-6-17-10/h1-4,6,8H,5,7H2,(H,15,16). The molecule has 0 fully saturated rings. The molecule has 0 unspecified atom stereocenters. The van der Waals surface area contributed by atoms with Gasteiger partial charge in [0.05, 0.1) is 5.56 Å². The van der Waals surface area contributed by atoms with Gasteiger partial charge < -0.3 is 5.11 Å². The van der Waals surface area contributed by atoms with E-state index < -0.39 is 5.97 Å². The topological polar surface area (TPSA) is 37.3 Å². The fourth-order valence-electron chi connectivity index (χ4n) is 1.46. The van der Waals surface area contributed by atoms with Gasteiger partial charge in [-0.25, -0.2) is 9.18 Å². The molecule has 0 atom stereocenters. The number of rotatable bonds is 5. The molecule has 2 nitrogen and oxygen atoms in total. The minimum absolute atomic E-state index is 0.120. The molecule has 2 rings (SSSR count). The number of thioether (sulfide) groups is 1. The molecule has 1 aromatic heterocycles. The van der Waals surface area contributed by atoms with Gasteiger partial charge >= 0.3 is 5.97 Å². The molecular formula is C13H11FO2S2. The number of thiophene rings is 1. The van der Waals surface area contributed by atoms with E-state index in [0.717, 1.165) is 12.2 Å². The summed E-state index contributed by atoms with van der Waals surface area (Å²) >= 11 is 3.01. The lowest BCUT2D eigenvalue weighted by molar-refractivity contribution is 0.0696. The van der Waals surface area contributed by atoms with Gasteiger partial charge in [-0.05, 0) is 36.1 Å². The van der Waals surface area contributed by atoms with Crippen LogP contribution in [0.15, 0.2) is 40.6 Å². The van der Waals surface area contributed by atoms with Gasteiger partial charge in [-0.15, -0.1) is 23.1 Å². The van der Waals surface area contributed by atoms with E-state index in [2.05, 4.69) is 0 Å². The number of carbonyl (C=O) groups is 1. The predicted octanol–water partition coefficient (Wildman–Crippen LogP) is 3.92. The molecule has 0 aliphatic rings. The van der Waals surface area contributed by atoms with Crippen molar-refractivity contribution in [3.8, 4) is 0 Å². The van der Waals surface area contributed by atoms with Crippen molar-refractivity contribution in [3.05, 3.63) is 52.0 Å². The Bertz CT molecular complexity index is 538. The predicted molar refractivity (Wildman–Crippen MR) is 72.1 cm³/mol. The molecule has 18 heavy (non-hydrogen) atoms. The summed E-state index contributed by atoms with van der Waals surface area (Å²) in [4.78, 5) is 12.4. The van der Waals surface area contributed by atoms with Crippen LogP contribution in [0.5, 0.6) is 0 Å². The summed E-state index contributed by atoms with van der Waals surface area (Å²) in [7, 11) is 0. The first-order valence-corrected chi connectivity index (χ1v) is 7.21. The lowest BCUT2D eigenvalue weighted by Crippen LogP contribution is -1.97. The highest BCUT2D eigenvalue weighted by Crippen LogP contribution is 2.24. The molecule has 0 radical (unpaired) electrons. The van der Waals surface area contributed by atoms with Crippen molar-refractivity contribution in [2.24, 2.45) is 0 Å². The minimum Gasteiger partial charge on any atom is -0.478 e. The molecule has 0 saturated heterocycles. The normalized spacial score (nSPS) is 10.5. The third kappa shape index (κ3) is 3.34. The molecule has 0 saturated carbocycles. The van der Waals surface area contributed by atoms with Crippen molar-refractivity contribution < 1.29 is 14.3 Å². The molecule has 0 spiro atoms. The Kier molecular flexibility index (Phi) is 4.38. The minimum atomic E-state index is -1.03. The SMILES string of the molecule is O=C(O)c1ccc(F)c(SCCc2cccs2)c1. The van der Waals surface area contributed by atoms with Crippen LogP contribution in [-0.4, -0.2) is 16.8 Å². The van der Waals surface area contributed by atoms with E-state index in [1.807, 2.05) is 17.5 Å². The Morgan fingerprint density at radius 3 is 2.89 bits per heavy atom. The summed E-state index contributed by atoms with van der Waals surface area (Å²) in [6, 6.07) is 7.89. The second-order valence-electron chi connectivity index (χ2n) is 3.63. The van der Waals surface area contributed by atoms with E-state index in [9.17, 15) is 9.18 Å². The van der Waals surface area contributed by atoms with E-state index in [0.29, 0.717) is 4.90 Å². The zero-order chi connectivity index (χ0) is 13.0. The fraction of sp³-hybridized carbons (Fsp3) is 0.154. The van der Waals surface area contributed by atoms with Gasteiger partial charge in [0, 0.05) is 15.5 Å². The summed E-state index contributed by atoms with van der Waals surface area (Å²) in [5.41, 5.74) is 0.120. The molecule has 0 aliphatic heterocycles. The van der Waals surface area contributed by atoms with Gasteiger partial charge in [-0.3, -0.25) is 0 Å². The highest BCUT2D eigenvalue weighted by molar-refractivity contribution is 7.99. The second-order valence-corrected chi connectivity index (χ2v) is 5.80. The number of aryl methyl sites for hydroxylation is 1. The van der Waals surface area contributed by atoms with Crippen molar-refractivity contribution in [1.29, 1.82) is 0 Å². The Labute approximate surface area is 112 Å². The smallest absolute Gasteiger partial charge is 0.335 e. The highest BCUT2D eigenvalue weighted by atomic mass is 32.2.